The molecule has 9 heteroatoms. The molecule has 2 rings (SSSR count). The number of halogens is 4. The molecule has 1 aromatic carbocycles. The number of benzene rings is 1. The van der Waals surface area contributed by atoms with Gasteiger partial charge in [-0.2, -0.15) is 18.3 Å². The summed E-state index contributed by atoms with van der Waals surface area (Å²) in [5.74, 6) is -0.170. The highest BCUT2D eigenvalue weighted by Crippen LogP contribution is 2.32. The van der Waals surface area contributed by atoms with Crippen LogP contribution in [0.25, 0.3) is 0 Å². The Bertz CT molecular complexity index is 760. The molecule has 126 valence electrons. The van der Waals surface area contributed by atoms with E-state index in [0.29, 0.717) is 17.4 Å². The Kier molecular flexibility index (Phi) is 5.40. The molecule has 0 aliphatic rings. The molecular formula is C15H12ClF3N4O. The van der Waals surface area contributed by atoms with Crippen LogP contribution >= 0.6 is 11.6 Å². The number of carbonyl (C=O) groups is 1. The third-order valence-electron chi connectivity index (χ3n) is 2.78. The highest BCUT2D eigenvalue weighted by molar-refractivity contribution is 6.32. The van der Waals surface area contributed by atoms with Crippen LogP contribution in [0.1, 0.15) is 18.1 Å². The number of nitrogens with one attached hydrogen (secondary N) is 2. The van der Waals surface area contributed by atoms with Crippen LogP contribution in [0.3, 0.4) is 0 Å². The van der Waals surface area contributed by atoms with E-state index < -0.39 is 11.7 Å². The average Bonchev–Trinajstić information content (AvgIpc) is 2.49. The molecule has 1 amide bonds. The third-order valence-corrected chi connectivity index (χ3v) is 3.07. The van der Waals surface area contributed by atoms with Crippen molar-refractivity contribution in [3.63, 3.8) is 0 Å². The molecule has 2 aromatic rings. The second kappa shape index (κ2) is 7.31. The van der Waals surface area contributed by atoms with Crippen molar-refractivity contribution in [3.05, 3.63) is 52.7 Å². The molecule has 1 aromatic heterocycles. The van der Waals surface area contributed by atoms with Crippen LogP contribution in [0, 0.1) is 0 Å². The maximum Gasteiger partial charge on any atom is 0.417 e. The van der Waals surface area contributed by atoms with E-state index in [-0.39, 0.29) is 16.7 Å². The summed E-state index contributed by atoms with van der Waals surface area (Å²) in [4.78, 5) is 14.5. The van der Waals surface area contributed by atoms with E-state index in [0.717, 1.165) is 6.07 Å². The van der Waals surface area contributed by atoms with Crippen LogP contribution in [-0.4, -0.2) is 17.1 Å². The molecule has 0 aliphatic heterocycles. The number of rotatable bonds is 4. The topological polar surface area (TPSA) is 66.4 Å². The molecule has 0 atom stereocenters. The summed E-state index contributed by atoms with van der Waals surface area (Å²) in [6.45, 7) is 1.40. The lowest BCUT2D eigenvalue weighted by molar-refractivity contribution is -0.137. The molecule has 2 N–H and O–H groups in total. The van der Waals surface area contributed by atoms with Gasteiger partial charge in [0.2, 0.25) is 5.91 Å². The first kappa shape index (κ1) is 17.7. The van der Waals surface area contributed by atoms with Gasteiger partial charge in [-0.3, -0.25) is 10.2 Å². The summed E-state index contributed by atoms with van der Waals surface area (Å²) in [6.07, 6.45) is -2.40. The molecule has 0 unspecified atom stereocenters. The molecule has 0 bridgehead atoms. The number of hydrazone groups is 1. The molecular weight excluding hydrogens is 345 g/mol. The van der Waals surface area contributed by atoms with E-state index in [4.69, 9.17) is 11.6 Å². The van der Waals surface area contributed by atoms with Gasteiger partial charge in [-0.25, -0.2) is 4.98 Å². The Hall–Kier alpha value is -2.61. The Morgan fingerprint density at radius 3 is 2.50 bits per heavy atom. The highest BCUT2D eigenvalue weighted by Gasteiger charge is 2.31. The van der Waals surface area contributed by atoms with Crippen molar-refractivity contribution in [2.75, 3.05) is 10.7 Å². The Morgan fingerprint density at radius 1 is 1.29 bits per heavy atom. The first-order valence-corrected chi connectivity index (χ1v) is 7.03. The summed E-state index contributed by atoms with van der Waals surface area (Å²) in [5.41, 5.74) is 2.89. The number of amides is 1. The van der Waals surface area contributed by atoms with Gasteiger partial charge < -0.3 is 5.32 Å². The van der Waals surface area contributed by atoms with E-state index in [1.165, 1.54) is 13.1 Å². The number of hydrogen-bond acceptors (Lipinski definition) is 4. The van der Waals surface area contributed by atoms with Gasteiger partial charge in [0.05, 0.1) is 16.8 Å². The van der Waals surface area contributed by atoms with Crippen LogP contribution in [0.5, 0.6) is 0 Å². The lowest BCUT2D eigenvalue weighted by Crippen LogP contribution is -2.06. The van der Waals surface area contributed by atoms with Gasteiger partial charge in [-0.1, -0.05) is 23.7 Å². The number of alkyl halides is 3. The number of carbonyl (C=O) groups excluding carboxylic acids is 1. The molecule has 0 radical (unpaired) electrons. The van der Waals surface area contributed by atoms with E-state index in [1.54, 1.807) is 24.3 Å². The van der Waals surface area contributed by atoms with Gasteiger partial charge in [0, 0.05) is 18.8 Å². The summed E-state index contributed by atoms with van der Waals surface area (Å²) >= 11 is 5.75. The zero-order chi connectivity index (χ0) is 17.7. The van der Waals surface area contributed by atoms with Gasteiger partial charge in [0.1, 0.15) is 0 Å². The molecule has 0 fully saturated rings. The third kappa shape index (κ3) is 4.95. The minimum atomic E-state index is -4.51. The first-order chi connectivity index (χ1) is 11.3. The van der Waals surface area contributed by atoms with Crippen molar-refractivity contribution in [2.45, 2.75) is 13.1 Å². The maximum atomic E-state index is 12.5. The van der Waals surface area contributed by atoms with Crippen LogP contribution < -0.4 is 10.7 Å². The summed E-state index contributed by atoms with van der Waals surface area (Å²) in [7, 11) is 0. The van der Waals surface area contributed by atoms with Crippen LogP contribution in [-0.2, 0) is 11.0 Å². The van der Waals surface area contributed by atoms with E-state index in [1.807, 2.05) is 0 Å². The summed E-state index contributed by atoms with van der Waals surface area (Å²) < 4.78 is 37.5. The predicted octanol–water partition coefficient (Wildman–Crippen LogP) is 4.16. The fraction of sp³-hybridized carbons (Fsp3) is 0.133. The molecule has 5 nitrogen and oxygen atoms in total. The van der Waals surface area contributed by atoms with Gasteiger partial charge in [0.25, 0.3) is 0 Å². The van der Waals surface area contributed by atoms with E-state index in [9.17, 15) is 18.0 Å². The van der Waals surface area contributed by atoms with Crippen molar-refractivity contribution < 1.29 is 18.0 Å². The van der Waals surface area contributed by atoms with Crippen molar-refractivity contribution in [2.24, 2.45) is 5.10 Å². The lowest BCUT2D eigenvalue weighted by atomic mass is 10.2. The monoisotopic (exact) mass is 356 g/mol. The van der Waals surface area contributed by atoms with Gasteiger partial charge >= 0.3 is 6.18 Å². The Labute approximate surface area is 140 Å². The number of nitrogens with zero attached hydrogens (tertiary/aromatic N) is 2. The van der Waals surface area contributed by atoms with Crippen molar-refractivity contribution >= 4 is 35.2 Å². The van der Waals surface area contributed by atoms with Crippen molar-refractivity contribution in [3.8, 4) is 0 Å². The first-order valence-electron chi connectivity index (χ1n) is 6.65. The van der Waals surface area contributed by atoms with Crippen molar-refractivity contribution in [1.82, 2.24) is 4.98 Å². The minimum Gasteiger partial charge on any atom is -0.326 e. The SMILES string of the molecule is CC(=O)Nc1ccc(C=NNc2ncc(C(F)(F)F)cc2Cl)cc1. The van der Waals surface area contributed by atoms with Crippen LogP contribution in [0.4, 0.5) is 24.7 Å². The lowest BCUT2D eigenvalue weighted by Gasteiger charge is -2.08. The van der Waals surface area contributed by atoms with Crippen LogP contribution in [0.15, 0.2) is 41.6 Å². The smallest absolute Gasteiger partial charge is 0.326 e. The van der Waals surface area contributed by atoms with Crippen molar-refractivity contribution in [1.29, 1.82) is 0 Å². The molecule has 0 saturated carbocycles. The number of anilines is 2. The summed E-state index contributed by atoms with van der Waals surface area (Å²) in [5, 5.41) is 6.29. The predicted molar refractivity (Wildman–Crippen MR) is 86.2 cm³/mol. The number of aromatic nitrogens is 1. The van der Waals surface area contributed by atoms with E-state index >= 15 is 0 Å². The molecule has 0 aliphatic carbocycles. The van der Waals surface area contributed by atoms with Gasteiger partial charge in [0.15, 0.2) is 5.82 Å². The largest absolute Gasteiger partial charge is 0.417 e. The minimum absolute atomic E-state index is 0.00998. The molecule has 0 saturated heterocycles. The fourth-order valence-electron chi connectivity index (χ4n) is 1.70. The normalized spacial score (nSPS) is 11.5. The highest BCUT2D eigenvalue weighted by atomic mass is 35.5. The van der Waals surface area contributed by atoms with Gasteiger partial charge in [-0.15, -0.1) is 0 Å². The zero-order valence-corrected chi connectivity index (χ0v) is 13.1. The average molecular weight is 357 g/mol. The molecule has 0 spiro atoms. The fourth-order valence-corrected chi connectivity index (χ4v) is 1.91. The van der Waals surface area contributed by atoms with E-state index in [2.05, 4.69) is 20.8 Å². The maximum absolute atomic E-state index is 12.5. The van der Waals surface area contributed by atoms with Crippen LogP contribution in [0.2, 0.25) is 5.02 Å². The number of hydrogen-bond donors (Lipinski definition) is 2. The number of pyridine rings is 1. The second-order valence-electron chi connectivity index (χ2n) is 4.73. The second-order valence-corrected chi connectivity index (χ2v) is 5.13. The zero-order valence-electron chi connectivity index (χ0n) is 12.4. The molecule has 24 heavy (non-hydrogen) atoms. The standard InChI is InChI=1S/C15H12ClF3N4O/c1-9(24)22-12-4-2-10(3-5-12)7-21-23-14-13(16)6-11(8-20-14)15(17,18)19/h2-8H,1H3,(H,20,23)(H,22,24). The quantitative estimate of drug-likeness (QED) is 0.638. The summed E-state index contributed by atoms with van der Waals surface area (Å²) in [6, 6.07) is 7.56. The Morgan fingerprint density at radius 2 is 1.96 bits per heavy atom. The Balaban J connectivity index is 2.02. The molecule has 1 heterocycles. The van der Waals surface area contributed by atoms with Gasteiger partial charge in [-0.05, 0) is 23.8 Å².